The second-order valence-electron chi connectivity index (χ2n) is 5.99. The minimum atomic E-state index is -4.31. The number of aromatic nitrogens is 3. The summed E-state index contributed by atoms with van der Waals surface area (Å²) in [4.78, 5) is 11.0. The fraction of sp³-hybridized carbons (Fsp3) is 0.438. The molecular formula is C16H16F3N3O2S. The van der Waals surface area contributed by atoms with Gasteiger partial charge in [-0.2, -0.15) is 18.4 Å². The maximum atomic E-state index is 12.6. The van der Waals surface area contributed by atoms with Crippen LogP contribution < -0.4 is 0 Å². The monoisotopic (exact) mass is 371 g/mol. The second-order valence-corrected chi connectivity index (χ2v) is 7.28. The van der Waals surface area contributed by atoms with Crippen LogP contribution in [0, 0.1) is 0 Å². The van der Waals surface area contributed by atoms with Crippen LogP contribution in [0.25, 0.3) is 0 Å². The van der Waals surface area contributed by atoms with Gasteiger partial charge in [0.2, 0.25) is 5.69 Å². The van der Waals surface area contributed by atoms with E-state index in [0.29, 0.717) is 5.03 Å². The largest absolute Gasteiger partial charge is 0.476 e. The zero-order valence-corrected chi connectivity index (χ0v) is 13.9. The SMILES string of the molecule is O=C(O)c1n[nH]nc1SC1CCC(c2ccc(C(F)(F)F)cc2)CC1. The fourth-order valence-corrected chi connectivity index (χ4v) is 4.22. The van der Waals surface area contributed by atoms with Gasteiger partial charge in [0, 0.05) is 5.25 Å². The third-order valence-corrected chi connectivity index (χ3v) is 5.69. The Balaban J connectivity index is 1.58. The first-order valence-corrected chi connectivity index (χ1v) is 8.70. The van der Waals surface area contributed by atoms with Gasteiger partial charge in [0.25, 0.3) is 0 Å². The molecule has 1 aliphatic carbocycles. The number of carbonyl (C=O) groups is 1. The zero-order valence-electron chi connectivity index (χ0n) is 13.1. The topological polar surface area (TPSA) is 78.9 Å². The number of benzene rings is 1. The van der Waals surface area contributed by atoms with Gasteiger partial charge in [-0.1, -0.05) is 23.9 Å². The molecule has 2 N–H and O–H groups in total. The molecule has 1 aromatic heterocycles. The van der Waals surface area contributed by atoms with Crippen LogP contribution in [0.15, 0.2) is 29.3 Å². The van der Waals surface area contributed by atoms with Gasteiger partial charge in [-0.25, -0.2) is 4.79 Å². The van der Waals surface area contributed by atoms with E-state index in [2.05, 4.69) is 15.4 Å². The number of hydrogen-bond donors (Lipinski definition) is 2. The van der Waals surface area contributed by atoms with Crippen molar-refractivity contribution < 1.29 is 23.1 Å². The third kappa shape index (κ3) is 4.15. The first kappa shape index (κ1) is 17.8. The molecule has 25 heavy (non-hydrogen) atoms. The van der Waals surface area contributed by atoms with Gasteiger partial charge in [0.15, 0.2) is 5.03 Å². The van der Waals surface area contributed by atoms with Crippen LogP contribution in [0.4, 0.5) is 13.2 Å². The number of alkyl halides is 3. The van der Waals surface area contributed by atoms with Crippen LogP contribution in [0.1, 0.15) is 53.2 Å². The molecule has 2 aromatic rings. The van der Waals surface area contributed by atoms with Gasteiger partial charge in [-0.3, -0.25) is 0 Å². The first-order chi connectivity index (χ1) is 11.8. The number of carboxylic acids is 1. The number of aromatic amines is 1. The molecule has 0 amide bonds. The van der Waals surface area contributed by atoms with Crippen LogP contribution >= 0.6 is 11.8 Å². The second kappa shape index (κ2) is 7.07. The molecule has 134 valence electrons. The van der Waals surface area contributed by atoms with E-state index in [-0.39, 0.29) is 16.9 Å². The highest BCUT2D eigenvalue weighted by Crippen LogP contribution is 2.40. The quantitative estimate of drug-likeness (QED) is 0.836. The van der Waals surface area contributed by atoms with Gasteiger partial charge in [0.1, 0.15) is 0 Å². The molecule has 0 aliphatic heterocycles. The third-order valence-electron chi connectivity index (χ3n) is 4.38. The summed E-state index contributed by atoms with van der Waals surface area (Å²) in [7, 11) is 0. The van der Waals surface area contributed by atoms with E-state index in [9.17, 15) is 18.0 Å². The minimum Gasteiger partial charge on any atom is -0.476 e. The number of hydrogen-bond acceptors (Lipinski definition) is 4. The molecular weight excluding hydrogens is 355 g/mol. The van der Waals surface area contributed by atoms with Crippen molar-refractivity contribution in [3.05, 3.63) is 41.1 Å². The Morgan fingerprint density at radius 2 is 1.76 bits per heavy atom. The van der Waals surface area contributed by atoms with E-state index in [0.717, 1.165) is 43.4 Å². The summed E-state index contributed by atoms with van der Waals surface area (Å²) in [6.45, 7) is 0. The summed E-state index contributed by atoms with van der Waals surface area (Å²) in [5, 5.41) is 19.5. The fourth-order valence-electron chi connectivity index (χ4n) is 3.06. The Morgan fingerprint density at radius 1 is 1.12 bits per heavy atom. The summed E-state index contributed by atoms with van der Waals surface area (Å²) >= 11 is 1.39. The number of nitrogens with zero attached hydrogens (tertiary/aromatic N) is 2. The van der Waals surface area contributed by atoms with E-state index in [4.69, 9.17) is 5.11 Å². The van der Waals surface area contributed by atoms with E-state index < -0.39 is 17.7 Å². The molecule has 0 atom stereocenters. The van der Waals surface area contributed by atoms with Crippen LogP contribution in [0.2, 0.25) is 0 Å². The van der Waals surface area contributed by atoms with Gasteiger partial charge in [0.05, 0.1) is 5.56 Å². The van der Waals surface area contributed by atoms with Gasteiger partial charge in [-0.05, 0) is 49.3 Å². The average Bonchev–Trinajstić information content (AvgIpc) is 3.03. The smallest absolute Gasteiger partial charge is 0.416 e. The van der Waals surface area contributed by atoms with Crippen molar-refractivity contribution in [2.75, 3.05) is 0 Å². The molecule has 0 radical (unpaired) electrons. The molecule has 0 unspecified atom stereocenters. The van der Waals surface area contributed by atoms with Crippen LogP contribution in [0.5, 0.6) is 0 Å². The van der Waals surface area contributed by atoms with Gasteiger partial charge < -0.3 is 5.11 Å². The Kier molecular flexibility index (Phi) is 5.03. The van der Waals surface area contributed by atoms with E-state index >= 15 is 0 Å². The van der Waals surface area contributed by atoms with Gasteiger partial charge in [-0.15, -0.1) is 10.2 Å². The van der Waals surface area contributed by atoms with E-state index in [1.54, 1.807) is 12.1 Å². The lowest BCUT2D eigenvalue weighted by Gasteiger charge is -2.28. The molecule has 9 heteroatoms. The molecule has 1 saturated carbocycles. The standard InChI is InChI=1S/C16H16F3N3O2S/c17-16(18,19)11-5-1-9(2-6-11)10-3-7-12(8-4-10)25-14-13(15(23)24)20-22-21-14/h1-2,5-6,10,12H,3-4,7-8H2,(H,23,24)(H,20,21,22). The van der Waals surface area contributed by atoms with Crippen LogP contribution in [-0.2, 0) is 6.18 Å². The number of rotatable bonds is 4. The maximum absolute atomic E-state index is 12.6. The Morgan fingerprint density at radius 3 is 2.32 bits per heavy atom. The molecule has 0 bridgehead atoms. The van der Waals surface area contributed by atoms with Crippen molar-refractivity contribution in [3.63, 3.8) is 0 Å². The lowest BCUT2D eigenvalue weighted by Crippen LogP contribution is -2.16. The predicted molar refractivity (Wildman–Crippen MR) is 85.6 cm³/mol. The molecule has 1 aliphatic rings. The van der Waals surface area contributed by atoms with Crippen LogP contribution in [0.3, 0.4) is 0 Å². The summed E-state index contributed by atoms with van der Waals surface area (Å²) < 4.78 is 37.9. The number of nitrogens with one attached hydrogen (secondary N) is 1. The first-order valence-electron chi connectivity index (χ1n) is 7.82. The highest BCUT2D eigenvalue weighted by molar-refractivity contribution is 7.99. The average molecular weight is 371 g/mol. The molecule has 0 saturated heterocycles. The molecule has 1 heterocycles. The van der Waals surface area contributed by atoms with Crippen LogP contribution in [-0.4, -0.2) is 31.7 Å². The van der Waals surface area contributed by atoms with Crippen molar-refractivity contribution in [2.45, 2.75) is 48.1 Å². The van der Waals surface area contributed by atoms with Crippen molar-refractivity contribution in [1.82, 2.24) is 15.4 Å². The van der Waals surface area contributed by atoms with Crippen molar-refractivity contribution in [2.24, 2.45) is 0 Å². The Bertz CT molecular complexity index is 738. The van der Waals surface area contributed by atoms with E-state index in [1.165, 1.54) is 11.8 Å². The summed E-state index contributed by atoms with van der Waals surface area (Å²) in [5.41, 5.74) is 0.215. The summed E-state index contributed by atoms with van der Waals surface area (Å²) in [6.07, 6.45) is -0.913. The number of aromatic carboxylic acids is 1. The lowest BCUT2D eigenvalue weighted by molar-refractivity contribution is -0.137. The Labute approximate surface area is 146 Å². The molecule has 5 nitrogen and oxygen atoms in total. The number of carboxylic acid groups (broad SMARTS) is 1. The van der Waals surface area contributed by atoms with E-state index in [1.807, 2.05) is 0 Å². The lowest BCUT2D eigenvalue weighted by atomic mass is 9.83. The van der Waals surface area contributed by atoms with Crippen molar-refractivity contribution in [1.29, 1.82) is 0 Å². The van der Waals surface area contributed by atoms with Crippen molar-refractivity contribution >= 4 is 17.7 Å². The number of H-pyrrole nitrogens is 1. The number of halogens is 3. The minimum absolute atomic E-state index is 0.0742. The van der Waals surface area contributed by atoms with Gasteiger partial charge >= 0.3 is 12.1 Å². The normalized spacial score (nSPS) is 21.2. The maximum Gasteiger partial charge on any atom is 0.416 e. The Hall–Kier alpha value is -2.03. The molecule has 1 fully saturated rings. The summed E-state index contributed by atoms with van der Waals surface area (Å²) in [6, 6.07) is 5.37. The predicted octanol–water partition coefficient (Wildman–Crippen LogP) is 4.34. The molecule has 1 aromatic carbocycles. The molecule has 3 rings (SSSR count). The zero-order chi connectivity index (χ0) is 18.0. The number of thioether (sulfide) groups is 1. The van der Waals surface area contributed by atoms with Crippen molar-refractivity contribution in [3.8, 4) is 0 Å². The highest BCUT2D eigenvalue weighted by Gasteiger charge is 2.31. The molecule has 0 spiro atoms. The highest BCUT2D eigenvalue weighted by atomic mass is 32.2. The summed E-state index contributed by atoms with van der Waals surface area (Å²) in [5.74, 6) is -0.884.